The maximum Gasteiger partial charge on any atom is 0.337 e. The zero-order chi connectivity index (χ0) is 25.2. The Hall–Kier alpha value is -3.29. The molecule has 0 saturated carbocycles. The second-order valence-corrected chi connectivity index (χ2v) is 8.83. The summed E-state index contributed by atoms with van der Waals surface area (Å²) >= 11 is 0. The molecule has 34 heavy (non-hydrogen) atoms. The van der Waals surface area contributed by atoms with Crippen LogP contribution in [0, 0.1) is 11.8 Å². The van der Waals surface area contributed by atoms with Crippen molar-refractivity contribution in [2.75, 3.05) is 20.8 Å². The number of rotatable bonds is 7. The summed E-state index contributed by atoms with van der Waals surface area (Å²) in [7, 11) is 2.81. The summed E-state index contributed by atoms with van der Waals surface area (Å²) in [6.07, 6.45) is 0.124. The predicted octanol–water partition coefficient (Wildman–Crippen LogP) is 3.66. The van der Waals surface area contributed by atoms with Crippen molar-refractivity contribution in [3.63, 3.8) is 0 Å². The fourth-order valence-electron chi connectivity index (χ4n) is 4.70. The summed E-state index contributed by atoms with van der Waals surface area (Å²) in [5.74, 6) is -2.35. The number of carbonyl (C=O) groups is 3. The number of dihydropyridines is 1. The van der Waals surface area contributed by atoms with Crippen LogP contribution in [0.5, 0.6) is 11.5 Å². The highest BCUT2D eigenvalue weighted by Gasteiger charge is 2.47. The average Bonchev–Trinajstić information content (AvgIpc) is 2.77. The number of nitrogens with one attached hydrogen (secondary N) is 1. The van der Waals surface area contributed by atoms with Crippen LogP contribution >= 0.6 is 0 Å². The zero-order valence-electron chi connectivity index (χ0n) is 20.8. The molecule has 0 bridgehead atoms. The molecule has 1 aromatic rings. The highest BCUT2D eigenvalue weighted by atomic mass is 16.5. The molecular formula is C26H33NO7. The molecule has 8 heteroatoms. The van der Waals surface area contributed by atoms with E-state index in [1.165, 1.54) is 14.2 Å². The van der Waals surface area contributed by atoms with Gasteiger partial charge in [-0.15, -0.1) is 0 Å². The van der Waals surface area contributed by atoms with Crippen molar-refractivity contribution in [3.8, 4) is 11.5 Å². The highest BCUT2D eigenvalue weighted by Crippen LogP contribution is 2.46. The number of carbonyl (C=O) groups excluding carboxylic acids is 3. The van der Waals surface area contributed by atoms with Gasteiger partial charge in [-0.05, 0) is 57.7 Å². The molecule has 3 atom stereocenters. The number of methoxy groups -OCH3 is 2. The summed E-state index contributed by atoms with van der Waals surface area (Å²) in [6, 6.07) is 5.33. The van der Waals surface area contributed by atoms with Crippen LogP contribution in [-0.2, 0) is 23.9 Å². The van der Waals surface area contributed by atoms with Gasteiger partial charge in [-0.1, -0.05) is 13.0 Å². The lowest BCUT2D eigenvalue weighted by molar-refractivity contribution is -0.151. The number of allylic oxidation sites excluding steroid dienone is 3. The molecule has 3 rings (SSSR count). The van der Waals surface area contributed by atoms with E-state index in [0.29, 0.717) is 52.6 Å². The van der Waals surface area contributed by atoms with Crippen molar-refractivity contribution >= 4 is 17.7 Å². The van der Waals surface area contributed by atoms with Crippen LogP contribution in [0.25, 0.3) is 0 Å². The normalized spacial score (nSPS) is 22.2. The Morgan fingerprint density at radius 3 is 2.47 bits per heavy atom. The Morgan fingerprint density at radius 2 is 1.88 bits per heavy atom. The van der Waals surface area contributed by atoms with Gasteiger partial charge in [-0.2, -0.15) is 0 Å². The topological polar surface area (TPSA) is 100 Å². The average molecular weight is 472 g/mol. The lowest BCUT2D eigenvalue weighted by atomic mass is 9.69. The van der Waals surface area contributed by atoms with Crippen molar-refractivity contribution < 1.29 is 33.3 Å². The van der Waals surface area contributed by atoms with Crippen molar-refractivity contribution in [1.82, 2.24) is 5.32 Å². The second-order valence-electron chi connectivity index (χ2n) is 8.83. The van der Waals surface area contributed by atoms with Crippen LogP contribution < -0.4 is 14.8 Å². The quantitative estimate of drug-likeness (QED) is 0.475. The van der Waals surface area contributed by atoms with Gasteiger partial charge in [0.25, 0.3) is 0 Å². The zero-order valence-corrected chi connectivity index (χ0v) is 20.8. The standard InChI is InChI=1S/C26H33NO7/c1-8-33-18-10-9-16(12-19(18)31-6)22-21(26(30)34-13(2)3)15(5)27-17-11-14(4)20(25(29)32-7)24(28)23(17)22/h9-10,12-14,20,22,27H,8,11H2,1-7H3/t14-,20-,22-/m0/s1. The van der Waals surface area contributed by atoms with E-state index < -0.39 is 23.8 Å². The number of hydrogen-bond donors (Lipinski definition) is 1. The van der Waals surface area contributed by atoms with E-state index in [1.807, 2.05) is 19.9 Å². The Morgan fingerprint density at radius 1 is 1.18 bits per heavy atom. The first-order chi connectivity index (χ1) is 16.1. The minimum atomic E-state index is -0.946. The first-order valence-electron chi connectivity index (χ1n) is 11.5. The number of esters is 2. The van der Waals surface area contributed by atoms with Crippen molar-refractivity contribution in [1.29, 1.82) is 0 Å². The van der Waals surface area contributed by atoms with Crippen LogP contribution in [0.3, 0.4) is 0 Å². The molecule has 0 amide bonds. The number of Topliss-reactive ketones (excluding diaryl/α,β-unsaturated/α-hetero) is 1. The van der Waals surface area contributed by atoms with Crippen LogP contribution in [0.2, 0.25) is 0 Å². The minimum absolute atomic E-state index is 0.251. The largest absolute Gasteiger partial charge is 0.493 e. The van der Waals surface area contributed by atoms with Crippen LogP contribution in [-0.4, -0.2) is 44.7 Å². The van der Waals surface area contributed by atoms with Gasteiger partial charge in [0.15, 0.2) is 17.3 Å². The van der Waals surface area contributed by atoms with E-state index in [2.05, 4.69) is 5.32 Å². The molecule has 0 fully saturated rings. The van der Waals surface area contributed by atoms with Gasteiger partial charge in [0.1, 0.15) is 5.92 Å². The first-order valence-corrected chi connectivity index (χ1v) is 11.5. The predicted molar refractivity (Wildman–Crippen MR) is 125 cm³/mol. The van der Waals surface area contributed by atoms with E-state index >= 15 is 0 Å². The first kappa shape index (κ1) is 25.3. The number of benzene rings is 1. The second kappa shape index (κ2) is 10.3. The fourth-order valence-corrected chi connectivity index (χ4v) is 4.70. The Labute approximate surface area is 200 Å². The molecular weight excluding hydrogens is 438 g/mol. The molecule has 0 radical (unpaired) electrons. The van der Waals surface area contributed by atoms with Gasteiger partial charge in [0.2, 0.25) is 0 Å². The van der Waals surface area contributed by atoms with Crippen LogP contribution in [0.1, 0.15) is 52.5 Å². The number of ketones is 1. The third-order valence-corrected chi connectivity index (χ3v) is 6.13. The molecule has 0 saturated heterocycles. The highest BCUT2D eigenvalue weighted by molar-refractivity contribution is 6.12. The van der Waals surface area contributed by atoms with Crippen molar-refractivity contribution in [2.24, 2.45) is 11.8 Å². The fraction of sp³-hybridized carbons (Fsp3) is 0.500. The van der Waals surface area contributed by atoms with Gasteiger partial charge in [-0.25, -0.2) is 4.79 Å². The maximum absolute atomic E-state index is 13.7. The summed E-state index contributed by atoms with van der Waals surface area (Å²) in [5, 5.41) is 3.25. The molecule has 0 aromatic heterocycles. The summed E-state index contributed by atoms with van der Waals surface area (Å²) in [4.78, 5) is 39.5. The summed E-state index contributed by atoms with van der Waals surface area (Å²) in [5.41, 5.74) is 2.68. The SMILES string of the molecule is CCOc1ccc([C@H]2C(C(=O)OC(C)C)=C(C)NC3=C2C(=O)[C@@H](C(=O)OC)[C@@H](C)C3)cc1OC. The summed E-state index contributed by atoms with van der Waals surface area (Å²) in [6.45, 7) is 9.51. The molecule has 2 aliphatic rings. The third kappa shape index (κ3) is 4.67. The third-order valence-electron chi connectivity index (χ3n) is 6.13. The van der Waals surface area contributed by atoms with E-state index in [0.717, 1.165) is 0 Å². The molecule has 184 valence electrons. The molecule has 0 unspecified atom stereocenters. The summed E-state index contributed by atoms with van der Waals surface area (Å²) < 4.78 is 21.6. The smallest absolute Gasteiger partial charge is 0.337 e. The Kier molecular flexibility index (Phi) is 7.69. The van der Waals surface area contributed by atoms with Gasteiger partial charge in [-0.3, -0.25) is 9.59 Å². The van der Waals surface area contributed by atoms with E-state index in [1.54, 1.807) is 32.9 Å². The Balaban J connectivity index is 2.22. The molecule has 1 aliphatic heterocycles. The lowest BCUT2D eigenvalue weighted by Gasteiger charge is -2.38. The maximum atomic E-state index is 13.7. The molecule has 1 aromatic carbocycles. The van der Waals surface area contributed by atoms with Gasteiger partial charge < -0.3 is 24.3 Å². The molecule has 1 N–H and O–H groups in total. The monoisotopic (exact) mass is 471 g/mol. The van der Waals surface area contributed by atoms with E-state index in [-0.39, 0.29) is 17.8 Å². The van der Waals surface area contributed by atoms with Crippen LogP contribution in [0.4, 0.5) is 0 Å². The number of hydrogen-bond acceptors (Lipinski definition) is 8. The Bertz CT molecular complexity index is 1050. The lowest BCUT2D eigenvalue weighted by Crippen LogP contribution is -2.43. The van der Waals surface area contributed by atoms with Crippen molar-refractivity contribution in [2.45, 2.75) is 53.1 Å². The molecule has 1 aliphatic carbocycles. The molecule has 8 nitrogen and oxygen atoms in total. The van der Waals surface area contributed by atoms with E-state index in [9.17, 15) is 14.4 Å². The number of ether oxygens (including phenoxy) is 4. The molecule has 0 spiro atoms. The van der Waals surface area contributed by atoms with Crippen LogP contribution in [0.15, 0.2) is 40.7 Å². The van der Waals surface area contributed by atoms with Gasteiger partial charge in [0.05, 0.1) is 32.5 Å². The molecule has 1 heterocycles. The van der Waals surface area contributed by atoms with E-state index in [4.69, 9.17) is 18.9 Å². The minimum Gasteiger partial charge on any atom is -0.493 e. The van der Waals surface area contributed by atoms with Crippen molar-refractivity contribution in [3.05, 3.63) is 46.3 Å². The van der Waals surface area contributed by atoms with Gasteiger partial charge in [0, 0.05) is 22.9 Å². The van der Waals surface area contributed by atoms with Gasteiger partial charge >= 0.3 is 11.9 Å².